The van der Waals surface area contributed by atoms with Crippen LogP contribution in [0.5, 0.6) is 0 Å². The molecule has 3 aromatic heterocycles. The Bertz CT molecular complexity index is 2280. The number of nitrogens with one attached hydrogen (secondary N) is 2. The van der Waals surface area contributed by atoms with Crippen LogP contribution < -0.4 is 10.9 Å². The van der Waals surface area contributed by atoms with Gasteiger partial charge in [-0.15, -0.1) is 0 Å². The molecule has 51 heavy (non-hydrogen) atoms. The highest BCUT2D eigenvalue weighted by molar-refractivity contribution is 5.94. The Hall–Kier alpha value is -4.94. The van der Waals surface area contributed by atoms with Crippen molar-refractivity contribution in [3.8, 4) is 23.0 Å². The topological polar surface area (TPSA) is 101 Å². The highest BCUT2D eigenvalue weighted by Gasteiger charge is 2.68. The molecule has 266 valence electrons. The van der Waals surface area contributed by atoms with Gasteiger partial charge in [-0.2, -0.15) is 27.1 Å². The second kappa shape index (κ2) is 12.1. The number of hydrogen-bond donors (Lipinski definition) is 3. The van der Waals surface area contributed by atoms with Gasteiger partial charge in [-0.3, -0.25) is 19.3 Å². The minimum absolute atomic E-state index is 0.0417. The molecule has 15 heteroatoms. The lowest BCUT2D eigenvalue weighted by Gasteiger charge is -2.23. The Morgan fingerprint density at radius 2 is 1.82 bits per heavy atom. The van der Waals surface area contributed by atoms with E-state index in [2.05, 4.69) is 27.4 Å². The molecule has 8 nitrogen and oxygen atoms in total. The Labute approximate surface area is 286 Å². The van der Waals surface area contributed by atoms with E-state index in [4.69, 9.17) is 4.98 Å². The summed E-state index contributed by atoms with van der Waals surface area (Å²) in [5.41, 5.74) is -2.03. The van der Waals surface area contributed by atoms with Crippen molar-refractivity contribution in [1.82, 2.24) is 29.9 Å². The van der Waals surface area contributed by atoms with E-state index in [9.17, 15) is 31.9 Å². The zero-order chi connectivity index (χ0) is 36.6. The molecule has 0 radical (unpaired) electrons. The molecule has 1 fully saturated rings. The number of alkyl halides is 5. The number of benzene rings is 2. The number of halogens is 7. The predicted octanol–water partition coefficient (Wildman–Crippen LogP) is 6.33. The number of aromatic amines is 1. The van der Waals surface area contributed by atoms with Crippen LogP contribution in [0, 0.1) is 29.4 Å². The van der Waals surface area contributed by atoms with Crippen molar-refractivity contribution in [1.29, 1.82) is 0 Å². The third kappa shape index (κ3) is 6.42. The second-order valence-corrected chi connectivity index (χ2v) is 13.5. The molecular weight excluding hydrogens is 681 g/mol. The number of aliphatic hydroxyl groups is 1. The van der Waals surface area contributed by atoms with E-state index in [1.807, 2.05) is 0 Å². The number of fused-ring (bicyclic) bond motifs is 4. The average Bonchev–Trinajstić information content (AvgIpc) is 3.58. The van der Waals surface area contributed by atoms with Crippen LogP contribution in [0.3, 0.4) is 0 Å². The molecule has 1 saturated carbocycles. The van der Waals surface area contributed by atoms with E-state index in [1.54, 1.807) is 37.4 Å². The summed E-state index contributed by atoms with van der Waals surface area (Å²) in [6, 6.07) is 10.3. The second-order valence-electron chi connectivity index (χ2n) is 13.5. The zero-order valence-electron chi connectivity index (χ0n) is 27.5. The van der Waals surface area contributed by atoms with Crippen LogP contribution in [-0.4, -0.2) is 41.8 Å². The number of aromatic nitrogens is 5. The van der Waals surface area contributed by atoms with Crippen LogP contribution >= 0.6 is 0 Å². The van der Waals surface area contributed by atoms with Crippen LogP contribution in [0.25, 0.3) is 22.0 Å². The monoisotopic (exact) mass is 712 g/mol. The maximum absolute atomic E-state index is 15.3. The third-order valence-electron chi connectivity index (χ3n) is 9.20. The van der Waals surface area contributed by atoms with Gasteiger partial charge in [-0.05, 0) is 74.4 Å². The summed E-state index contributed by atoms with van der Waals surface area (Å²) >= 11 is 0. The molecule has 2 aliphatic rings. The standard InChI is InChI=1S/C36H31F7N6O2/c1-34(2,51)10-9-21-7-8-22(23-5-4-6-24-30(23)48(3)47-33(24)50)29(45-21)27(15-18-13-19(37)16-20(38)14-18)44-11-12-49-32-28(31(46-49)36(41,42)43)25-17-26(25)35(32,39)40/h4-8,13-14,16,25-27,44,51H,11-12,15,17H2,1-3H3,(H,47,50). The number of nitrogens with zero attached hydrogens (tertiary/aromatic N) is 4. The molecular formula is C36H31F7N6O2. The molecule has 0 aliphatic heterocycles. The minimum atomic E-state index is -4.93. The van der Waals surface area contributed by atoms with Crippen molar-refractivity contribution in [2.45, 2.75) is 62.9 Å². The quantitative estimate of drug-likeness (QED) is 0.129. The minimum Gasteiger partial charge on any atom is -0.378 e. The summed E-state index contributed by atoms with van der Waals surface area (Å²) in [5, 5.41) is 20.1. The first-order valence-corrected chi connectivity index (χ1v) is 16.1. The first-order chi connectivity index (χ1) is 23.9. The van der Waals surface area contributed by atoms with Gasteiger partial charge in [0.05, 0.1) is 29.2 Å². The van der Waals surface area contributed by atoms with E-state index in [-0.39, 0.29) is 41.9 Å². The molecule has 2 aromatic carbocycles. The maximum Gasteiger partial charge on any atom is 0.435 e. The van der Waals surface area contributed by atoms with E-state index >= 15 is 8.78 Å². The highest BCUT2D eigenvalue weighted by atomic mass is 19.4. The largest absolute Gasteiger partial charge is 0.435 e. The van der Waals surface area contributed by atoms with Crippen LogP contribution in [0.1, 0.15) is 66.1 Å². The molecule has 5 aromatic rings. The normalized spacial score (nSPS) is 18.3. The first-order valence-electron chi connectivity index (χ1n) is 16.1. The van der Waals surface area contributed by atoms with Gasteiger partial charge in [0, 0.05) is 42.3 Å². The molecule has 0 saturated heterocycles. The van der Waals surface area contributed by atoms with Crippen LogP contribution in [0.15, 0.2) is 53.3 Å². The number of hydrogen-bond acceptors (Lipinski definition) is 5. The Morgan fingerprint density at radius 1 is 1.10 bits per heavy atom. The molecule has 7 rings (SSSR count). The van der Waals surface area contributed by atoms with Crippen molar-refractivity contribution < 1.29 is 35.8 Å². The lowest BCUT2D eigenvalue weighted by Crippen LogP contribution is -2.30. The van der Waals surface area contributed by atoms with Gasteiger partial charge >= 0.3 is 6.18 Å². The number of aryl methyl sites for hydroxylation is 1. The summed E-state index contributed by atoms with van der Waals surface area (Å²) in [7, 11) is 1.65. The molecule has 3 heterocycles. The zero-order valence-corrected chi connectivity index (χ0v) is 27.5. The van der Waals surface area contributed by atoms with Crippen LogP contribution in [0.2, 0.25) is 0 Å². The van der Waals surface area contributed by atoms with Crippen LogP contribution in [-0.2, 0) is 32.1 Å². The Kier molecular flexibility index (Phi) is 8.18. The van der Waals surface area contributed by atoms with Crippen molar-refractivity contribution in [3.63, 3.8) is 0 Å². The predicted molar refractivity (Wildman–Crippen MR) is 173 cm³/mol. The average molecular weight is 713 g/mol. The van der Waals surface area contributed by atoms with Gasteiger partial charge in [0.25, 0.3) is 11.5 Å². The molecule has 0 amide bonds. The Balaban J connectivity index is 1.33. The van der Waals surface area contributed by atoms with Crippen molar-refractivity contribution in [3.05, 3.63) is 104 Å². The fourth-order valence-electron chi connectivity index (χ4n) is 7.04. The molecule has 3 atom stereocenters. The number of rotatable bonds is 8. The summed E-state index contributed by atoms with van der Waals surface area (Å²) in [6.07, 6.45) is -5.08. The van der Waals surface area contributed by atoms with Crippen molar-refractivity contribution >= 4 is 10.9 Å². The maximum atomic E-state index is 15.3. The van der Waals surface area contributed by atoms with E-state index < -0.39 is 70.7 Å². The van der Waals surface area contributed by atoms with Gasteiger partial charge in [0.15, 0.2) is 5.69 Å². The molecule has 2 aliphatic carbocycles. The molecule has 3 unspecified atom stereocenters. The molecule has 0 bridgehead atoms. The lowest BCUT2D eigenvalue weighted by molar-refractivity contribution is -0.142. The van der Waals surface area contributed by atoms with Gasteiger partial charge in [-0.1, -0.05) is 18.1 Å². The number of pyridine rings is 1. The van der Waals surface area contributed by atoms with E-state index in [0.29, 0.717) is 32.8 Å². The van der Waals surface area contributed by atoms with E-state index in [1.165, 1.54) is 18.5 Å². The lowest BCUT2D eigenvalue weighted by atomic mass is 9.94. The van der Waals surface area contributed by atoms with E-state index in [0.717, 1.165) is 12.1 Å². The van der Waals surface area contributed by atoms with Gasteiger partial charge in [-0.25, -0.2) is 13.8 Å². The van der Waals surface area contributed by atoms with Gasteiger partial charge < -0.3 is 10.4 Å². The van der Waals surface area contributed by atoms with Crippen molar-refractivity contribution in [2.24, 2.45) is 13.0 Å². The summed E-state index contributed by atoms with van der Waals surface area (Å²) < 4.78 is 103. The molecule has 3 N–H and O–H groups in total. The highest BCUT2D eigenvalue weighted by Crippen LogP contribution is 2.68. The fourth-order valence-corrected chi connectivity index (χ4v) is 7.04. The number of H-pyrrole nitrogens is 1. The van der Waals surface area contributed by atoms with Crippen molar-refractivity contribution in [2.75, 3.05) is 6.54 Å². The molecule has 0 spiro atoms. The summed E-state index contributed by atoms with van der Waals surface area (Å²) in [4.78, 5) is 17.5. The number of para-hydroxylation sites is 1. The third-order valence-corrected chi connectivity index (χ3v) is 9.20. The summed E-state index contributed by atoms with van der Waals surface area (Å²) in [6.45, 7) is 2.37. The summed E-state index contributed by atoms with van der Waals surface area (Å²) in [5.74, 6) is -1.78. The SMILES string of the molecule is Cn1[nH]c(=O)c2cccc(-c3ccc(C#CC(C)(C)O)nc3C(Cc3cc(F)cc(F)c3)NCCn3nc(C(F)(F)F)c4c3C(F)(F)C3CC43)c21. The van der Waals surface area contributed by atoms with Gasteiger partial charge in [0.2, 0.25) is 0 Å². The van der Waals surface area contributed by atoms with Gasteiger partial charge in [0.1, 0.15) is 28.6 Å². The fraction of sp³-hybridized carbons (Fsp3) is 0.361. The Morgan fingerprint density at radius 3 is 2.51 bits per heavy atom. The first kappa shape index (κ1) is 34.5. The smallest absolute Gasteiger partial charge is 0.378 e. The van der Waals surface area contributed by atoms with Crippen LogP contribution in [0.4, 0.5) is 30.7 Å².